The lowest BCUT2D eigenvalue weighted by Crippen LogP contribution is -2.30. The summed E-state index contributed by atoms with van der Waals surface area (Å²) in [6.07, 6.45) is 7.29. The summed E-state index contributed by atoms with van der Waals surface area (Å²) in [5.41, 5.74) is 0. The van der Waals surface area contributed by atoms with Crippen LogP contribution < -0.4 is 0 Å². The molecule has 0 radical (unpaired) electrons. The van der Waals surface area contributed by atoms with Gasteiger partial charge in [0.05, 0.1) is 0 Å². The second-order valence-corrected chi connectivity index (χ2v) is 8.46. The first-order valence-electron chi connectivity index (χ1n) is 7.71. The van der Waals surface area contributed by atoms with Crippen molar-refractivity contribution in [3.63, 3.8) is 0 Å². The number of hydrogen-bond donors (Lipinski definition) is 0. The van der Waals surface area contributed by atoms with Crippen LogP contribution in [0.5, 0.6) is 0 Å². The number of thioether (sulfide) groups is 1. The van der Waals surface area contributed by atoms with Gasteiger partial charge in [-0.05, 0) is 31.4 Å². The van der Waals surface area contributed by atoms with Gasteiger partial charge in [0, 0.05) is 28.5 Å². The van der Waals surface area contributed by atoms with Crippen LogP contribution in [0.25, 0.3) is 0 Å². The van der Waals surface area contributed by atoms with Crippen molar-refractivity contribution in [2.45, 2.75) is 50.8 Å². The number of carbonyl (C=O) groups excluding carboxylic acids is 1. The van der Waals surface area contributed by atoms with Crippen LogP contribution in [0.1, 0.15) is 53.7 Å². The van der Waals surface area contributed by atoms with E-state index in [2.05, 4.69) is 24.0 Å². The Labute approximate surface area is 129 Å². The molecule has 1 saturated carbocycles. The van der Waals surface area contributed by atoms with Crippen LogP contribution in [0.4, 0.5) is 0 Å². The number of nitrogens with zero attached hydrogens (tertiary/aromatic N) is 1. The number of carbonyl (C=O) groups is 1. The number of amides is 1. The Morgan fingerprint density at radius 2 is 2.15 bits per heavy atom. The van der Waals surface area contributed by atoms with E-state index in [4.69, 9.17) is 0 Å². The SMILES string of the molecule is Cc1ccc(C2SCCN2C(=O)CCC2CCCC2)s1. The zero-order valence-electron chi connectivity index (χ0n) is 12.1. The van der Waals surface area contributed by atoms with Crippen LogP contribution >= 0.6 is 23.1 Å². The van der Waals surface area contributed by atoms with Crippen LogP contribution in [0, 0.1) is 12.8 Å². The lowest BCUT2D eigenvalue weighted by atomic mass is 10.0. The molecule has 0 N–H and O–H groups in total. The van der Waals surface area contributed by atoms with Crippen molar-refractivity contribution in [2.75, 3.05) is 12.3 Å². The van der Waals surface area contributed by atoms with E-state index in [1.165, 1.54) is 35.4 Å². The maximum absolute atomic E-state index is 12.5. The average molecular weight is 310 g/mol. The van der Waals surface area contributed by atoms with Crippen molar-refractivity contribution >= 4 is 29.0 Å². The summed E-state index contributed by atoms with van der Waals surface area (Å²) >= 11 is 3.75. The van der Waals surface area contributed by atoms with Gasteiger partial charge < -0.3 is 4.90 Å². The first kappa shape index (κ1) is 14.5. The third kappa shape index (κ3) is 3.22. The summed E-state index contributed by atoms with van der Waals surface area (Å²) in [6.45, 7) is 3.07. The van der Waals surface area contributed by atoms with Crippen LogP contribution in [0.3, 0.4) is 0 Å². The summed E-state index contributed by atoms with van der Waals surface area (Å²) in [5, 5.41) is 0.282. The maximum atomic E-state index is 12.5. The fourth-order valence-electron chi connectivity index (χ4n) is 3.32. The van der Waals surface area contributed by atoms with E-state index in [-0.39, 0.29) is 5.37 Å². The molecule has 2 fully saturated rings. The highest BCUT2D eigenvalue weighted by atomic mass is 32.2. The van der Waals surface area contributed by atoms with Crippen molar-refractivity contribution < 1.29 is 4.79 Å². The molecule has 2 heterocycles. The standard InChI is InChI=1S/C16H23NOS2/c1-12-6-8-14(20-12)16-17(10-11-19-16)15(18)9-7-13-4-2-3-5-13/h6,8,13,16H,2-5,7,9-11H2,1H3. The molecule has 1 aromatic rings. The zero-order valence-corrected chi connectivity index (χ0v) is 13.8. The monoisotopic (exact) mass is 309 g/mol. The molecule has 1 aromatic heterocycles. The van der Waals surface area contributed by atoms with Crippen molar-refractivity contribution in [3.05, 3.63) is 21.9 Å². The predicted octanol–water partition coefficient (Wildman–Crippen LogP) is 4.60. The summed E-state index contributed by atoms with van der Waals surface area (Å²) in [6, 6.07) is 4.36. The molecule has 2 aliphatic rings. The topological polar surface area (TPSA) is 20.3 Å². The normalized spacial score (nSPS) is 23.6. The highest BCUT2D eigenvalue weighted by Crippen LogP contribution is 2.41. The van der Waals surface area contributed by atoms with Gasteiger partial charge in [-0.25, -0.2) is 0 Å². The molecule has 0 aromatic carbocycles. The Bertz CT molecular complexity index is 465. The quantitative estimate of drug-likeness (QED) is 0.810. The van der Waals surface area contributed by atoms with Gasteiger partial charge in [-0.2, -0.15) is 0 Å². The van der Waals surface area contributed by atoms with Crippen LogP contribution in [0.15, 0.2) is 12.1 Å². The third-order valence-corrected chi connectivity index (χ3v) is 6.90. The molecule has 4 heteroatoms. The molecule has 0 spiro atoms. The van der Waals surface area contributed by atoms with E-state index in [9.17, 15) is 4.79 Å². The number of rotatable bonds is 4. The number of aryl methyl sites for hydroxylation is 1. The predicted molar refractivity (Wildman–Crippen MR) is 87.2 cm³/mol. The largest absolute Gasteiger partial charge is 0.325 e. The molecule has 20 heavy (non-hydrogen) atoms. The Kier molecular flexibility index (Phi) is 4.72. The molecule has 3 rings (SSSR count). The zero-order chi connectivity index (χ0) is 13.9. The van der Waals surface area contributed by atoms with Gasteiger partial charge in [0.25, 0.3) is 0 Å². The smallest absolute Gasteiger partial charge is 0.223 e. The maximum Gasteiger partial charge on any atom is 0.223 e. The van der Waals surface area contributed by atoms with Crippen LogP contribution in [-0.2, 0) is 4.79 Å². The highest BCUT2D eigenvalue weighted by Gasteiger charge is 2.31. The molecular formula is C16H23NOS2. The van der Waals surface area contributed by atoms with Gasteiger partial charge in [0.2, 0.25) is 5.91 Å². The second kappa shape index (κ2) is 6.52. The van der Waals surface area contributed by atoms with Gasteiger partial charge in [-0.1, -0.05) is 25.7 Å². The van der Waals surface area contributed by atoms with E-state index in [0.717, 1.165) is 31.1 Å². The summed E-state index contributed by atoms with van der Waals surface area (Å²) in [4.78, 5) is 17.3. The van der Waals surface area contributed by atoms with Crippen molar-refractivity contribution in [3.8, 4) is 0 Å². The molecule has 1 aliphatic heterocycles. The minimum absolute atomic E-state index is 0.282. The van der Waals surface area contributed by atoms with Gasteiger partial charge in [0.1, 0.15) is 5.37 Å². The summed E-state index contributed by atoms with van der Waals surface area (Å²) in [7, 11) is 0. The minimum atomic E-state index is 0.282. The molecule has 1 aliphatic carbocycles. The molecule has 0 bridgehead atoms. The highest BCUT2D eigenvalue weighted by molar-refractivity contribution is 7.99. The van der Waals surface area contributed by atoms with E-state index >= 15 is 0 Å². The molecule has 110 valence electrons. The van der Waals surface area contributed by atoms with E-state index < -0.39 is 0 Å². The Hall–Kier alpha value is -0.480. The fraction of sp³-hybridized carbons (Fsp3) is 0.688. The van der Waals surface area contributed by atoms with Gasteiger partial charge in [-0.15, -0.1) is 23.1 Å². The third-order valence-electron chi connectivity index (χ3n) is 4.46. The van der Waals surface area contributed by atoms with Crippen molar-refractivity contribution in [1.29, 1.82) is 0 Å². The number of thiophene rings is 1. The summed E-state index contributed by atoms with van der Waals surface area (Å²) in [5.74, 6) is 2.27. The number of hydrogen-bond acceptors (Lipinski definition) is 3. The van der Waals surface area contributed by atoms with Crippen molar-refractivity contribution in [2.24, 2.45) is 5.92 Å². The minimum Gasteiger partial charge on any atom is -0.325 e. The van der Waals surface area contributed by atoms with E-state index in [1.807, 2.05) is 23.1 Å². The Morgan fingerprint density at radius 1 is 1.35 bits per heavy atom. The molecule has 1 atom stereocenters. The molecule has 1 unspecified atom stereocenters. The van der Waals surface area contributed by atoms with Crippen LogP contribution in [-0.4, -0.2) is 23.1 Å². The van der Waals surface area contributed by atoms with E-state index in [0.29, 0.717) is 5.91 Å². The average Bonchev–Trinajstić information content (AvgIpc) is 3.16. The Morgan fingerprint density at radius 3 is 2.85 bits per heavy atom. The molecule has 2 nitrogen and oxygen atoms in total. The van der Waals surface area contributed by atoms with Crippen LogP contribution in [0.2, 0.25) is 0 Å². The summed E-state index contributed by atoms with van der Waals surface area (Å²) < 4.78 is 0. The first-order valence-corrected chi connectivity index (χ1v) is 9.58. The molecular weight excluding hydrogens is 286 g/mol. The van der Waals surface area contributed by atoms with Gasteiger partial charge in [-0.3, -0.25) is 4.79 Å². The van der Waals surface area contributed by atoms with Gasteiger partial charge >= 0.3 is 0 Å². The van der Waals surface area contributed by atoms with Crippen molar-refractivity contribution in [1.82, 2.24) is 4.90 Å². The van der Waals surface area contributed by atoms with E-state index in [1.54, 1.807) is 0 Å². The lowest BCUT2D eigenvalue weighted by Gasteiger charge is -2.23. The second-order valence-electron chi connectivity index (χ2n) is 5.95. The Balaban J connectivity index is 1.58. The molecule has 1 amide bonds. The lowest BCUT2D eigenvalue weighted by molar-refractivity contribution is -0.131. The van der Waals surface area contributed by atoms with Gasteiger partial charge in [0.15, 0.2) is 0 Å². The molecule has 1 saturated heterocycles. The fourth-order valence-corrected chi connectivity index (χ4v) is 5.71. The first-order chi connectivity index (χ1) is 9.74.